The molecule has 0 atom stereocenters. The lowest BCUT2D eigenvalue weighted by Gasteiger charge is -2.07. The predicted molar refractivity (Wildman–Crippen MR) is 94.9 cm³/mol. The smallest absolute Gasteiger partial charge is 0.237 e. The van der Waals surface area contributed by atoms with Crippen molar-refractivity contribution in [3.05, 3.63) is 72.8 Å². The molecule has 0 aliphatic heterocycles. The van der Waals surface area contributed by atoms with Gasteiger partial charge in [0.1, 0.15) is 11.4 Å². The highest BCUT2D eigenvalue weighted by molar-refractivity contribution is 5.94. The molecule has 4 rings (SSSR count). The van der Waals surface area contributed by atoms with Crippen molar-refractivity contribution >= 4 is 22.6 Å². The number of rotatable bonds is 5. The number of hydrogen-bond acceptors (Lipinski definition) is 6. The first-order valence-corrected chi connectivity index (χ1v) is 7.95. The lowest BCUT2D eigenvalue weighted by Crippen LogP contribution is -2.14. The van der Waals surface area contributed by atoms with Crippen LogP contribution in [0.2, 0.25) is 0 Å². The first-order chi connectivity index (χ1) is 12.8. The molecule has 0 saturated carbocycles. The maximum atomic E-state index is 12.3. The second-order valence-corrected chi connectivity index (χ2v) is 5.52. The van der Waals surface area contributed by atoms with Crippen LogP contribution in [0.5, 0.6) is 11.6 Å². The van der Waals surface area contributed by atoms with Crippen molar-refractivity contribution < 1.29 is 14.1 Å². The largest absolute Gasteiger partial charge is 0.437 e. The van der Waals surface area contributed by atoms with Crippen molar-refractivity contribution in [3.63, 3.8) is 0 Å². The molecule has 0 bridgehead atoms. The summed E-state index contributed by atoms with van der Waals surface area (Å²) in [6.07, 6.45) is 4.74. The first kappa shape index (κ1) is 15.8. The molecule has 0 radical (unpaired) electrons. The molecule has 0 aliphatic rings. The van der Waals surface area contributed by atoms with Gasteiger partial charge in [-0.1, -0.05) is 23.4 Å². The molecule has 0 spiro atoms. The van der Waals surface area contributed by atoms with Crippen molar-refractivity contribution in [2.45, 2.75) is 6.42 Å². The summed E-state index contributed by atoms with van der Waals surface area (Å²) in [6.45, 7) is 0. The molecule has 0 aliphatic carbocycles. The highest BCUT2D eigenvalue weighted by Crippen LogP contribution is 2.23. The van der Waals surface area contributed by atoms with E-state index in [1.54, 1.807) is 36.7 Å². The maximum Gasteiger partial charge on any atom is 0.237 e. The molecule has 1 N–H and O–H groups in total. The number of carbonyl (C=O) groups is 1. The van der Waals surface area contributed by atoms with E-state index in [1.165, 1.54) is 6.20 Å². The Hall–Kier alpha value is -3.74. The minimum atomic E-state index is -0.194. The monoisotopic (exact) mass is 346 g/mol. The number of fused-ring (bicyclic) bond motifs is 1. The molecule has 26 heavy (non-hydrogen) atoms. The van der Waals surface area contributed by atoms with Crippen molar-refractivity contribution in [2.75, 3.05) is 5.32 Å². The van der Waals surface area contributed by atoms with Crippen LogP contribution in [-0.2, 0) is 11.2 Å². The summed E-state index contributed by atoms with van der Waals surface area (Å²) in [4.78, 5) is 20.3. The molecule has 4 aromatic rings. The summed E-state index contributed by atoms with van der Waals surface area (Å²) >= 11 is 0. The number of anilines is 1. The van der Waals surface area contributed by atoms with Crippen molar-refractivity contribution in [3.8, 4) is 11.6 Å². The highest BCUT2D eigenvalue weighted by atomic mass is 16.5. The Labute approximate surface area is 148 Å². The minimum absolute atomic E-state index is 0.117. The van der Waals surface area contributed by atoms with Gasteiger partial charge in [0.15, 0.2) is 5.58 Å². The number of hydrogen-bond donors (Lipinski definition) is 1. The molecule has 2 heterocycles. The number of amides is 1. The third-order valence-electron chi connectivity index (χ3n) is 3.66. The highest BCUT2D eigenvalue weighted by Gasteiger charge is 2.12. The lowest BCUT2D eigenvalue weighted by molar-refractivity contribution is -0.115. The second-order valence-electron chi connectivity index (χ2n) is 5.52. The van der Waals surface area contributed by atoms with E-state index in [0.717, 1.165) is 5.39 Å². The van der Waals surface area contributed by atoms with Crippen molar-refractivity contribution in [1.29, 1.82) is 0 Å². The SMILES string of the molecule is O=C(Cc1noc2ccccc12)Nc1cccc(Oc2cnccn2)c1. The number of nitrogens with zero attached hydrogens (tertiary/aromatic N) is 3. The van der Waals surface area contributed by atoms with Gasteiger partial charge in [-0.05, 0) is 24.3 Å². The van der Waals surface area contributed by atoms with Crippen LogP contribution in [-0.4, -0.2) is 21.0 Å². The molecule has 0 unspecified atom stereocenters. The standard InChI is InChI=1S/C19H14N4O3/c24-18(11-16-15-6-1-2-7-17(15)26-23-16)22-13-4-3-5-14(10-13)25-19-12-20-8-9-21-19/h1-10,12H,11H2,(H,22,24). The van der Waals surface area contributed by atoms with Gasteiger partial charge >= 0.3 is 0 Å². The van der Waals surface area contributed by atoms with E-state index < -0.39 is 0 Å². The summed E-state index contributed by atoms with van der Waals surface area (Å²) in [5, 5.41) is 7.64. The van der Waals surface area contributed by atoms with E-state index in [2.05, 4.69) is 20.4 Å². The predicted octanol–water partition coefficient (Wildman–Crippen LogP) is 3.59. The quantitative estimate of drug-likeness (QED) is 0.594. The fraction of sp³-hybridized carbons (Fsp3) is 0.0526. The van der Waals surface area contributed by atoms with E-state index in [4.69, 9.17) is 9.26 Å². The van der Waals surface area contributed by atoms with Gasteiger partial charge in [0, 0.05) is 29.5 Å². The first-order valence-electron chi connectivity index (χ1n) is 7.95. The number of nitrogens with one attached hydrogen (secondary N) is 1. The Morgan fingerprint density at radius 3 is 2.92 bits per heavy atom. The van der Waals surface area contributed by atoms with Crippen LogP contribution in [0.1, 0.15) is 5.69 Å². The molecule has 1 amide bonds. The van der Waals surface area contributed by atoms with Gasteiger partial charge < -0.3 is 14.6 Å². The third kappa shape index (κ3) is 3.51. The normalized spacial score (nSPS) is 10.6. The average molecular weight is 346 g/mol. The summed E-state index contributed by atoms with van der Waals surface area (Å²) in [6, 6.07) is 14.5. The Balaban J connectivity index is 1.45. The molecule has 0 fully saturated rings. The number of ether oxygens (including phenoxy) is 1. The second kappa shape index (κ2) is 7.02. The number of aromatic nitrogens is 3. The summed E-state index contributed by atoms with van der Waals surface area (Å²) in [5.74, 6) is 0.737. The van der Waals surface area contributed by atoms with Crippen LogP contribution in [0.15, 0.2) is 71.6 Å². The summed E-state index contributed by atoms with van der Waals surface area (Å²) in [7, 11) is 0. The number of carbonyl (C=O) groups excluding carboxylic acids is 1. The van der Waals surface area contributed by atoms with E-state index in [-0.39, 0.29) is 12.3 Å². The van der Waals surface area contributed by atoms with Crippen molar-refractivity contribution in [1.82, 2.24) is 15.1 Å². The van der Waals surface area contributed by atoms with Crippen molar-refractivity contribution in [2.24, 2.45) is 0 Å². The number of para-hydroxylation sites is 1. The lowest BCUT2D eigenvalue weighted by atomic mass is 10.1. The van der Waals surface area contributed by atoms with Gasteiger partial charge in [0.05, 0.1) is 12.6 Å². The Bertz CT molecular complexity index is 1050. The van der Waals surface area contributed by atoms with Crippen LogP contribution < -0.4 is 10.1 Å². The maximum absolute atomic E-state index is 12.3. The van der Waals surface area contributed by atoms with E-state index in [9.17, 15) is 4.79 Å². The zero-order chi connectivity index (χ0) is 17.8. The number of benzene rings is 2. The van der Waals surface area contributed by atoms with Crippen LogP contribution in [0, 0.1) is 0 Å². The van der Waals surface area contributed by atoms with Crippen LogP contribution in [0.25, 0.3) is 11.0 Å². The molecule has 7 nitrogen and oxygen atoms in total. The summed E-state index contributed by atoms with van der Waals surface area (Å²) in [5.41, 5.74) is 1.88. The molecule has 7 heteroatoms. The Kier molecular flexibility index (Phi) is 4.26. The van der Waals surface area contributed by atoms with E-state index >= 15 is 0 Å². The van der Waals surface area contributed by atoms with Gasteiger partial charge in [-0.15, -0.1) is 0 Å². The van der Waals surface area contributed by atoms with E-state index in [0.29, 0.717) is 28.6 Å². The van der Waals surface area contributed by atoms with Gasteiger partial charge in [-0.2, -0.15) is 0 Å². The topological polar surface area (TPSA) is 90.1 Å². The molecule has 2 aromatic carbocycles. The third-order valence-corrected chi connectivity index (χ3v) is 3.66. The van der Waals surface area contributed by atoms with Gasteiger partial charge in [-0.3, -0.25) is 9.78 Å². The zero-order valence-corrected chi connectivity index (χ0v) is 13.6. The molecular formula is C19H14N4O3. The van der Waals surface area contributed by atoms with Gasteiger partial charge in [-0.25, -0.2) is 4.98 Å². The molecular weight excluding hydrogens is 332 g/mol. The van der Waals surface area contributed by atoms with Crippen LogP contribution in [0.3, 0.4) is 0 Å². The molecule has 0 saturated heterocycles. The zero-order valence-electron chi connectivity index (χ0n) is 13.6. The Morgan fingerprint density at radius 2 is 2.04 bits per heavy atom. The Morgan fingerprint density at radius 1 is 1.12 bits per heavy atom. The van der Waals surface area contributed by atoms with Gasteiger partial charge in [0.2, 0.25) is 11.8 Å². The summed E-state index contributed by atoms with van der Waals surface area (Å²) < 4.78 is 10.8. The average Bonchev–Trinajstić information content (AvgIpc) is 3.06. The van der Waals surface area contributed by atoms with Gasteiger partial charge in [0.25, 0.3) is 0 Å². The minimum Gasteiger partial charge on any atom is -0.437 e. The fourth-order valence-corrected chi connectivity index (χ4v) is 2.52. The van der Waals surface area contributed by atoms with Crippen LogP contribution >= 0.6 is 0 Å². The molecule has 2 aromatic heterocycles. The van der Waals surface area contributed by atoms with E-state index in [1.807, 2.05) is 24.3 Å². The fourth-order valence-electron chi connectivity index (χ4n) is 2.52. The van der Waals surface area contributed by atoms with Crippen LogP contribution in [0.4, 0.5) is 5.69 Å². The molecule has 128 valence electrons.